The number of hydrogen-bond acceptors (Lipinski definition) is 1. The standard InChI is InChI=1S/C13H23N/c1-4-10-14(3)12(2)11-13-8-6-5-7-9-13/h1,12-13H,5-11H2,2-3H3. The Balaban J connectivity index is 2.24. The summed E-state index contributed by atoms with van der Waals surface area (Å²) in [5.41, 5.74) is 0. The topological polar surface area (TPSA) is 3.24 Å². The van der Waals surface area contributed by atoms with Gasteiger partial charge in [0.1, 0.15) is 0 Å². The van der Waals surface area contributed by atoms with Crippen molar-refractivity contribution in [1.82, 2.24) is 4.90 Å². The van der Waals surface area contributed by atoms with E-state index in [-0.39, 0.29) is 0 Å². The van der Waals surface area contributed by atoms with Gasteiger partial charge in [-0.2, -0.15) is 0 Å². The molecular formula is C13H23N. The molecule has 14 heavy (non-hydrogen) atoms. The second-order valence-electron chi connectivity index (χ2n) is 4.71. The van der Waals surface area contributed by atoms with Crippen molar-refractivity contribution in [3.8, 4) is 12.3 Å². The van der Waals surface area contributed by atoms with Crippen LogP contribution in [0.15, 0.2) is 0 Å². The second kappa shape index (κ2) is 6.09. The van der Waals surface area contributed by atoms with E-state index in [2.05, 4.69) is 24.8 Å². The van der Waals surface area contributed by atoms with Crippen LogP contribution in [0.4, 0.5) is 0 Å². The van der Waals surface area contributed by atoms with Crippen molar-refractivity contribution in [3.05, 3.63) is 0 Å². The van der Waals surface area contributed by atoms with Crippen LogP contribution in [-0.4, -0.2) is 24.5 Å². The quantitative estimate of drug-likeness (QED) is 0.621. The highest BCUT2D eigenvalue weighted by atomic mass is 15.1. The average Bonchev–Trinajstić information content (AvgIpc) is 2.19. The molecule has 1 atom stereocenters. The SMILES string of the molecule is C#CCN(C)C(C)CC1CCCCC1. The zero-order valence-corrected chi connectivity index (χ0v) is 9.63. The lowest BCUT2D eigenvalue weighted by atomic mass is 9.85. The van der Waals surface area contributed by atoms with Gasteiger partial charge < -0.3 is 0 Å². The maximum atomic E-state index is 5.31. The Labute approximate surface area is 88.9 Å². The molecule has 0 aromatic heterocycles. The Kier molecular flexibility index (Phi) is 5.04. The predicted octanol–water partition coefficient (Wildman–Crippen LogP) is 2.91. The minimum Gasteiger partial charge on any atom is -0.293 e. The molecule has 0 saturated heterocycles. The lowest BCUT2D eigenvalue weighted by molar-refractivity contribution is 0.216. The molecule has 0 aromatic rings. The third kappa shape index (κ3) is 3.72. The molecule has 1 saturated carbocycles. The summed E-state index contributed by atoms with van der Waals surface area (Å²) in [6.45, 7) is 3.08. The summed E-state index contributed by atoms with van der Waals surface area (Å²) < 4.78 is 0. The summed E-state index contributed by atoms with van der Waals surface area (Å²) in [5.74, 6) is 3.67. The lowest BCUT2D eigenvalue weighted by Crippen LogP contribution is -2.31. The number of terminal acetylenes is 1. The van der Waals surface area contributed by atoms with Gasteiger partial charge in [0.2, 0.25) is 0 Å². The second-order valence-corrected chi connectivity index (χ2v) is 4.71. The first kappa shape index (κ1) is 11.6. The summed E-state index contributed by atoms with van der Waals surface area (Å²) in [4.78, 5) is 2.29. The Morgan fingerprint density at radius 1 is 1.36 bits per heavy atom. The highest BCUT2D eigenvalue weighted by Gasteiger charge is 2.18. The van der Waals surface area contributed by atoms with E-state index >= 15 is 0 Å². The molecule has 1 aliphatic rings. The van der Waals surface area contributed by atoms with Crippen LogP contribution in [0.2, 0.25) is 0 Å². The first-order chi connectivity index (χ1) is 6.74. The average molecular weight is 193 g/mol. The van der Waals surface area contributed by atoms with E-state index in [1.165, 1.54) is 38.5 Å². The van der Waals surface area contributed by atoms with Gasteiger partial charge >= 0.3 is 0 Å². The van der Waals surface area contributed by atoms with E-state index in [1.807, 2.05) is 0 Å². The minimum atomic E-state index is 0.647. The molecule has 1 heteroatoms. The van der Waals surface area contributed by atoms with Gasteiger partial charge in [-0.1, -0.05) is 38.0 Å². The largest absolute Gasteiger partial charge is 0.293 e. The van der Waals surface area contributed by atoms with E-state index in [0.29, 0.717) is 6.04 Å². The van der Waals surface area contributed by atoms with Crippen molar-refractivity contribution >= 4 is 0 Å². The van der Waals surface area contributed by atoms with E-state index < -0.39 is 0 Å². The van der Waals surface area contributed by atoms with Crippen LogP contribution in [-0.2, 0) is 0 Å². The van der Waals surface area contributed by atoms with Crippen LogP contribution >= 0.6 is 0 Å². The Hall–Kier alpha value is -0.480. The fourth-order valence-corrected chi connectivity index (χ4v) is 2.39. The van der Waals surface area contributed by atoms with Crippen molar-refractivity contribution in [2.45, 2.75) is 51.5 Å². The highest BCUT2D eigenvalue weighted by Crippen LogP contribution is 2.28. The zero-order chi connectivity index (χ0) is 10.4. The van der Waals surface area contributed by atoms with E-state index in [4.69, 9.17) is 6.42 Å². The lowest BCUT2D eigenvalue weighted by Gasteiger charge is -2.29. The van der Waals surface area contributed by atoms with E-state index in [0.717, 1.165) is 12.5 Å². The van der Waals surface area contributed by atoms with Crippen molar-refractivity contribution < 1.29 is 0 Å². The summed E-state index contributed by atoms with van der Waals surface area (Å²) in [6, 6.07) is 0.647. The Morgan fingerprint density at radius 2 is 2.00 bits per heavy atom. The van der Waals surface area contributed by atoms with Crippen LogP contribution in [0.5, 0.6) is 0 Å². The monoisotopic (exact) mass is 193 g/mol. The maximum Gasteiger partial charge on any atom is 0.0598 e. The summed E-state index contributed by atoms with van der Waals surface area (Å²) in [6.07, 6.45) is 13.8. The van der Waals surface area contributed by atoms with Crippen molar-refractivity contribution in [2.24, 2.45) is 5.92 Å². The van der Waals surface area contributed by atoms with Gasteiger partial charge in [-0.3, -0.25) is 4.90 Å². The predicted molar refractivity (Wildman–Crippen MR) is 62.1 cm³/mol. The van der Waals surface area contributed by atoms with Gasteiger partial charge in [-0.25, -0.2) is 0 Å². The summed E-state index contributed by atoms with van der Waals surface area (Å²) in [5, 5.41) is 0. The number of nitrogens with zero attached hydrogens (tertiary/aromatic N) is 1. The molecule has 0 radical (unpaired) electrons. The molecule has 0 aromatic carbocycles. The molecule has 0 spiro atoms. The highest BCUT2D eigenvalue weighted by molar-refractivity contribution is 4.88. The van der Waals surface area contributed by atoms with Gasteiger partial charge in [-0.05, 0) is 26.3 Å². The number of hydrogen-bond donors (Lipinski definition) is 0. The van der Waals surface area contributed by atoms with Gasteiger partial charge in [-0.15, -0.1) is 6.42 Å². The van der Waals surface area contributed by atoms with Crippen molar-refractivity contribution in [2.75, 3.05) is 13.6 Å². The molecule has 1 rings (SSSR count). The molecule has 1 nitrogen and oxygen atoms in total. The van der Waals surface area contributed by atoms with Gasteiger partial charge in [0.05, 0.1) is 6.54 Å². The normalized spacial score (nSPS) is 20.7. The molecule has 0 heterocycles. The van der Waals surface area contributed by atoms with Gasteiger partial charge in [0.15, 0.2) is 0 Å². The molecule has 1 aliphatic carbocycles. The van der Waals surface area contributed by atoms with Gasteiger partial charge in [0.25, 0.3) is 0 Å². The Morgan fingerprint density at radius 3 is 2.57 bits per heavy atom. The summed E-state index contributed by atoms with van der Waals surface area (Å²) in [7, 11) is 2.13. The van der Waals surface area contributed by atoms with Crippen LogP contribution < -0.4 is 0 Å². The van der Waals surface area contributed by atoms with Crippen LogP contribution in [0.3, 0.4) is 0 Å². The molecule has 0 aliphatic heterocycles. The van der Waals surface area contributed by atoms with Crippen LogP contribution in [0, 0.1) is 18.3 Å². The van der Waals surface area contributed by atoms with E-state index in [1.54, 1.807) is 0 Å². The number of rotatable bonds is 4. The molecular weight excluding hydrogens is 170 g/mol. The van der Waals surface area contributed by atoms with Crippen LogP contribution in [0.1, 0.15) is 45.4 Å². The first-order valence-electron chi connectivity index (χ1n) is 5.87. The fraction of sp³-hybridized carbons (Fsp3) is 0.846. The molecule has 0 N–H and O–H groups in total. The first-order valence-corrected chi connectivity index (χ1v) is 5.87. The molecule has 1 unspecified atom stereocenters. The molecule has 80 valence electrons. The maximum absolute atomic E-state index is 5.31. The van der Waals surface area contributed by atoms with Gasteiger partial charge in [0, 0.05) is 6.04 Å². The van der Waals surface area contributed by atoms with Crippen molar-refractivity contribution in [1.29, 1.82) is 0 Å². The molecule has 1 fully saturated rings. The van der Waals surface area contributed by atoms with Crippen LogP contribution in [0.25, 0.3) is 0 Å². The fourth-order valence-electron chi connectivity index (χ4n) is 2.39. The van der Waals surface area contributed by atoms with E-state index in [9.17, 15) is 0 Å². The minimum absolute atomic E-state index is 0.647. The third-order valence-corrected chi connectivity index (χ3v) is 3.49. The zero-order valence-electron chi connectivity index (χ0n) is 9.63. The molecule has 0 bridgehead atoms. The van der Waals surface area contributed by atoms with Crippen molar-refractivity contribution in [3.63, 3.8) is 0 Å². The Bertz CT molecular complexity index is 186. The third-order valence-electron chi connectivity index (χ3n) is 3.49. The molecule has 0 amide bonds. The summed E-state index contributed by atoms with van der Waals surface area (Å²) >= 11 is 0. The smallest absolute Gasteiger partial charge is 0.0598 e.